The van der Waals surface area contributed by atoms with Crippen molar-refractivity contribution in [3.63, 3.8) is 0 Å². The maximum absolute atomic E-state index is 13.5. The van der Waals surface area contributed by atoms with Crippen LogP contribution < -0.4 is 10.9 Å². The van der Waals surface area contributed by atoms with E-state index in [1.807, 2.05) is 0 Å². The van der Waals surface area contributed by atoms with E-state index < -0.39 is 47.9 Å². The van der Waals surface area contributed by atoms with Crippen LogP contribution in [0.4, 0.5) is 23.2 Å². The van der Waals surface area contributed by atoms with Gasteiger partial charge in [0.05, 0.1) is 10.6 Å². The predicted octanol–water partition coefficient (Wildman–Crippen LogP) is 4.95. The zero-order valence-corrected chi connectivity index (χ0v) is 19.6. The topological polar surface area (TPSA) is 109 Å². The van der Waals surface area contributed by atoms with Crippen molar-refractivity contribution in [2.24, 2.45) is 0 Å². The van der Waals surface area contributed by atoms with Gasteiger partial charge in [0.15, 0.2) is 0 Å². The number of amides is 1. The number of carbonyl (C=O) groups is 1. The van der Waals surface area contributed by atoms with Crippen LogP contribution in [0.5, 0.6) is 0 Å². The van der Waals surface area contributed by atoms with Gasteiger partial charge in [0.1, 0.15) is 12.1 Å². The van der Waals surface area contributed by atoms with E-state index in [0.717, 1.165) is 35.0 Å². The van der Waals surface area contributed by atoms with Crippen LogP contribution in [0.15, 0.2) is 53.5 Å². The van der Waals surface area contributed by atoms with Gasteiger partial charge in [-0.25, -0.2) is 4.39 Å². The Morgan fingerprint density at radius 1 is 1.11 bits per heavy atom. The van der Waals surface area contributed by atoms with E-state index in [9.17, 15) is 31.7 Å². The van der Waals surface area contributed by atoms with Crippen LogP contribution in [0.2, 0.25) is 5.02 Å². The average molecular weight is 533 g/mol. The van der Waals surface area contributed by atoms with Gasteiger partial charge in [-0.2, -0.15) is 13.2 Å². The molecule has 35 heavy (non-hydrogen) atoms. The summed E-state index contributed by atoms with van der Waals surface area (Å²) in [5.41, 5.74) is -1.31. The molecule has 1 aromatic heterocycles. The molecular weight excluding hydrogens is 515 g/mol. The maximum Gasteiger partial charge on any atom is 0.417 e. The Bertz CT molecular complexity index is 1400. The zero-order chi connectivity index (χ0) is 26.1. The van der Waals surface area contributed by atoms with Gasteiger partial charge < -0.3 is 19.7 Å². The molecule has 0 aliphatic rings. The summed E-state index contributed by atoms with van der Waals surface area (Å²) >= 11 is 5.82. The van der Waals surface area contributed by atoms with Gasteiger partial charge in [0, 0.05) is 23.5 Å². The number of nitrogens with one attached hydrogen (secondary N) is 1. The van der Waals surface area contributed by atoms with Crippen molar-refractivity contribution in [2.45, 2.75) is 25.8 Å². The SMILES string of the molecule is Cc1cc(F)ccc1Cc1cc(C(F)(F)F)c(Cl)cc1C(=O)Nc1ccn(CP(=O)(O)O)c(=O)c1. The van der Waals surface area contributed by atoms with E-state index in [1.54, 1.807) is 6.92 Å². The molecule has 3 rings (SSSR count). The predicted molar refractivity (Wildman–Crippen MR) is 121 cm³/mol. The lowest BCUT2D eigenvalue weighted by Gasteiger charge is -2.17. The molecule has 0 atom stereocenters. The van der Waals surface area contributed by atoms with E-state index in [2.05, 4.69) is 5.32 Å². The second-order valence-corrected chi connectivity index (χ2v) is 9.74. The molecule has 2 aromatic carbocycles. The van der Waals surface area contributed by atoms with E-state index in [0.29, 0.717) is 11.1 Å². The normalized spacial score (nSPS) is 12.0. The molecule has 0 saturated heterocycles. The van der Waals surface area contributed by atoms with Crippen LogP contribution in [0, 0.1) is 12.7 Å². The van der Waals surface area contributed by atoms with Crippen LogP contribution in [-0.2, 0) is 23.4 Å². The highest BCUT2D eigenvalue weighted by Crippen LogP contribution is 2.37. The standard InChI is InChI=1S/C22H18ClF4N2O5P/c1-12-6-15(24)3-2-13(12)7-14-8-18(22(25,26)27)19(23)10-17(14)21(31)28-16-4-5-29(20(30)9-16)11-35(32,33)34/h2-6,8-10H,7,11H2,1H3,(H,28,31)(H2,32,33,34). The number of alkyl halides is 3. The van der Waals surface area contributed by atoms with Gasteiger partial charge in [0.25, 0.3) is 11.5 Å². The summed E-state index contributed by atoms with van der Waals surface area (Å²) < 4.78 is 65.7. The summed E-state index contributed by atoms with van der Waals surface area (Å²) in [4.78, 5) is 43.1. The number of pyridine rings is 1. The fourth-order valence-corrected chi connectivity index (χ4v) is 4.26. The largest absolute Gasteiger partial charge is 0.417 e. The van der Waals surface area contributed by atoms with Crippen LogP contribution in [0.25, 0.3) is 0 Å². The Morgan fingerprint density at radius 3 is 2.37 bits per heavy atom. The lowest BCUT2D eigenvalue weighted by Crippen LogP contribution is -2.21. The summed E-state index contributed by atoms with van der Waals surface area (Å²) in [5.74, 6) is -1.40. The van der Waals surface area contributed by atoms with Gasteiger partial charge in [-0.15, -0.1) is 0 Å². The number of nitrogens with zero attached hydrogens (tertiary/aromatic N) is 1. The van der Waals surface area contributed by atoms with Crippen LogP contribution in [0.1, 0.15) is 32.6 Å². The number of aryl methyl sites for hydroxylation is 1. The monoisotopic (exact) mass is 532 g/mol. The number of anilines is 1. The minimum Gasteiger partial charge on any atom is -0.323 e. The van der Waals surface area contributed by atoms with E-state index in [4.69, 9.17) is 21.4 Å². The third kappa shape index (κ3) is 6.79. The van der Waals surface area contributed by atoms with Crippen molar-refractivity contribution in [3.05, 3.63) is 97.7 Å². The third-order valence-corrected chi connectivity index (χ3v) is 6.00. The number of halogens is 5. The van der Waals surface area contributed by atoms with E-state index in [-0.39, 0.29) is 23.2 Å². The summed E-state index contributed by atoms with van der Waals surface area (Å²) in [6, 6.07) is 7.47. The average Bonchev–Trinajstić information content (AvgIpc) is 2.71. The summed E-state index contributed by atoms with van der Waals surface area (Å²) in [6.07, 6.45) is -4.74. The molecule has 0 saturated carbocycles. The molecule has 3 aromatic rings. The van der Waals surface area contributed by atoms with Crippen molar-refractivity contribution < 1.29 is 36.7 Å². The van der Waals surface area contributed by atoms with Gasteiger partial charge in [-0.3, -0.25) is 14.2 Å². The molecule has 13 heteroatoms. The van der Waals surface area contributed by atoms with Crippen molar-refractivity contribution in [2.75, 3.05) is 5.32 Å². The molecule has 0 fully saturated rings. The number of benzene rings is 2. The van der Waals surface area contributed by atoms with E-state index in [1.165, 1.54) is 18.2 Å². The molecule has 186 valence electrons. The molecule has 1 amide bonds. The first kappa shape index (κ1) is 26.6. The molecule has 0 aliphatic carbocycles. The Hall–Kier alpha value is -2.98. The molecule has 0 aliphatic heterocycles. The highest BCUT2D eigenvalue weighted by molar-refractivity contribution is 7.50. The Morgan fingerprint density at radius 2 is 1.80 bits per heavy atom. The van der Waals surface area contributed by atoms with Gasteiger partial charge in [-0.1, -0.05) is 17.7 Å². The summed E-state index contributed by atoms with van der Waals surface area (Å²) in [5, 5.41) is 1.67. The summed E-state index contributed by atoms with van der Waals surface area (Å²) in [6.45, 7) is 1.57. The van der Waals surface area contributed by atoms with Crippen molar-refractivity contribution in [1.82, 2.24) is 4.57 Å². The van der Waals surface area contributed by atoms with Crippen molar-refractivity contribution >= 4 is 30.8 Å². The lowest BCUT2D eigenvalue weighted by atomic mass is 9.94. The van der Waals surface area contributed by atoms with Crippen LogP contribution in [0.3, 0.4) is 0 Å². The molecule has 1 heterocycles. The van der Waals surface area contributed by atoms with Crippen LogP contribution in [-0.4, -0.2) is 20.3 Å². The Kier molecular flexibility index (Phi) is 7.56. The number of aromatic nitrogens is 1. The number of carbonyl (C=O) groups excluding carboxylic acids is 1. The lowest BCUT2D eigenvalue weighted by molar-refractivity contribution is -0.137. The zero-order valence-electron chi connectivity index (χ0n) is 17.9. The molecular formula is C22H18ClF4N2O5P. The van der Waals surface area contributed by atoms with Crippen molar-refractivity contribution in [3.8, 4) is 0 Å². The molecule has 0 spiro atoms. The molecule has 0 radical (unpaired) electrons. The number of hydrogen-bond acceptors (Lipinski definition) is 3. The Labute approximate surface area is 201 Å². The first-order valence-corrected chi connectivity index (χ1v) is 12.0. The summed E-state index contributed by atoms with van der Waals surface area (Å²) in [7, 11) is -4.53. The van der Waals surface area contributed by atoms with E-state index >= 15 is 0 Å². The molecule has 3 N–H and O–H groups in total. The number of rotatable bonds is 6. The van der Waals surface area contributed by atoms with Crippen LogP contribution >= 0.6 is 19.2 Å². The minimum absolute atomic E-state index is 0.0382. The highest BCUT2D eigenvalue weighted by atomic mass is 35.5. The smallest absolute Gasteiger partial charge is 0.323 e. The third-order valence-electron chi connectivity index (χ3n) is 5.02. The first-order valence-electron chi connectivity index (χ1n) is 9.85. The van der Waals surface area contributed by atoms with Gasteiger partial charge in [0.2, 0.25) is 0 Å². The quantitative estimate of drug-likeness (QED) is 0.308. The highest BCUT2D eigenvalue weighted by Gasteiger charge is 2.34. The minimum atomic E-state index is -4.79. The Balaban J connectivity index is 2.00. The van der Waals surface area contributed by atoms with Gasteiger partial charge >= 0.3 is 13.8 Å². The number of hydrogen-bond donors (Lipinski definition) is 3. The fraction of sp³-hybridized carbons (Fsp3) is 0.182. The second-order valence-electron chi connectivity index (χ2n) is 7.72. The second kappa shape index (κ2) is 9.94. The first-order chi connectivity index (χ1) is 16.1. The molecule has 7 nitrogen and oxygen atoms in total. The van der Waals surface area contributed by atoms with Gasteiger partial charge in [-0.05, 0) is 60.4 Å². The fourth-order valence-electron chi connectivity index (χ4n) is 3.36. The van der Waals surface area contributed by atoms with Crippen molar-refractivity contribution in [1.29, 1.82) is 0 Å². The molecule has 0 bridgehead atoms. The molecule has 0 unspecified atom stereocenters. The maximum atomic E-state index is 13.5.